The van der Waals surface area contributed by atoms with Crippen molar-refractivity contribution in [3.63, 3.8) is 0 Å². The van der Waals surface area contributed by atoms with Gasteiger partial charge in [-0.05, 0) is 36.6 Å². The van der Waals surface area contributed by atoms with Crippen LogP contribution < -0.4 is 5.32 Å². The molecule has 0 amide bonds. The first-order valence-corrected chi connectivity index (χ1v) is 6.69. The summed E-state index contributed by atoms with van der Waals surface area (Å²) in [4.78, 5) is 3.32. The van der Waals surface area contributed by atoms with Gasteiger partial charge in [0.25, 0.3) is 0 Å². The molecule has 2 heteroatoms. The van der Waals surface area contributed by atoms with Gasteiger partial charge in [-0.2, -0.15) is 0 Å². The van der Waals surface area contributed by atoms with Crippen LogP contribution in [0.3, 0.4) is 0 Å². The predicted molar refractivity (Wildman–Crippen MR) is 81.7 cm³/mol. The second kappa shape index (κ2) is 5.19. The first-order chi connectivity index (χ1) is 9.34. The molecule has 0 aliphatic heterocycles. The maximum atomic E-state index is 3.50. The van der Waals surface area contributed by atoms with Crippen LogP contribution in [0.5, 0.6) is 0 Å². The molecule has 0 aliphatic rings. The number of para-hydroxylation sites is 2. The van der Waals surface area contributed by atoms with Gasteiger partial charge in [0.1, 0.15) is 0 Å². The van der Waals surface area contributed by atoms with Gasteiger partial charge >= 0.3 is 0 Å². The summed E-state index contributed by atoms with van der Waals surface area (Å²) in [6.45, 7) is 3.08. The quantitative estimate of drug-likeness (QED) is 0.716. The van der Waals surface area contributed by atoms with E-state index in [1.54, 1.807) is 0 Å². The third-order valence-electron chi connectivity index (χ3n) is 3.53. The first kappa shape index (κ1) is 11.8. The molecule has 1 aromatic heterocycles. The summed E-state index contributed by atoms with van der Waals surface area (Å²) in [7, 11) is 0. The van der Waals surface area contributed by atoms with Gasteiger partial charge in [-0.3, -0.25) is 0 Å². The monoisotopic (exact) mass is 250 g/mol. The fourth-order valence-corrected chi connectivity index (χ4v) is 2.44. The third-order valence-corrected chi connectivity index (χ3v) is 3.53. The SMILES string of the molecule is Cc1ccccc1NCCc1c[nH]c2ccccc12. The number of H-pyrrole nitrogens is 1. The number of benzene rings is 2. The van der Waals surface area contributed by atoms with E-state index in [1.807, 2.05) is 0 Å². The van der Waals surface area contributed by atoms with Gasteiger partial charge < -0.3 is 10.3 Å². The molecule has 0 aliphatic carbocycles. The Morgan fingerprint density at radius 2 is 1.79 bits per heavy atom. The van der Waals surface area contributed by atoms with Crippen molar-refractivity contribution in [3.8, 4) is 0 Å². The van der Waals surface area contributed by atoms with Crippen molar-refractivity contribution < 1.29 is 0 Å². The molecule has 3 aromatic rings. The molecule has 0 bridgehead atoms. The maximum absolute atomic E-state index is 3.50. The lowest BCUT2D eigenvalue weighted by atomic mass is 10.1. The zero-order valence-electron chi connectivity index (χ0n) is 11.1. The largest absolute Gasteiger partial charge is 0.384 e. The zero-order valence-corrected chi connectivity index (χ0v) is 11.1. The highest BCUT2D eigenvalue weighted by Crippen LogP contribution is 2.19. The summed E-state index contributed by atoms with van der Waals surface area (Å²) >= 11 is 0. The minimum Gasteiger partial charge on any atom is -0.384 e. The first-order valence-electron chi connectivity index (χ1n) is 6.69. The van der Waals surface area contributed by atoms with Crippen LogP contribution in [-0.2, 0) is 6.42 Å². The van der Waals surface area contributed by atoms with Crippen molar-refractivity contribution >= 4 is 16.6 Å². The second-order valence-corrected chi connectivity index (χ2v) is 4.85. The second-order valence-electron chi connectivity index (χ2n) is 4.85. The summed E-state index contributed by atoms with van der Waals surface area (Å²) in [5.41, 5.74) is 5.11. The number of aryl methyl sites for hydroxylation is 1. The Hall–Kier alpha value is -2.22. The Morgan fingerprint density at radius 1 is 1.00 bits per heavy atom. The van der Waals surface area contributed by atoms with Crippen LogP contribution in [0.2, 0.25) is 0 Å². The van der Waals surface area contributed by atoms with Gasteiger partial charge in [0.2, 0.25) is 0 Å². The maximum Gasteiger partial charge on any atom is 0.0456 e. The van der Waals surface area contributed by atoms with E-state index in [4.69, 9.17) is 0 Å². The van der Waals surface area contributed by atoms with Gasteiger partial charge in [0, 0.05) is 29.3 Å². The number of rotatable bonds is 4. The number of anilines is 1. The number of aromatic amines is 1. The Morgan fingerprint density at radius 3 is 2.68 bits per heavy atom. The molecular formula is C17H18N2. The van der Waals surface area contributed by atoms with Crippen LogP contribution in [0.15, 0.2) is 54.7 Å². The molecule has 0 spiro atoms. The lowest BCUT2D eigenvalue weighted by molar-refractivity contribution is 1.03. The number of nitrogens with one attached hydrogen (secondary N) is 2. The van der Waals surface area contributed by atoms with E-state index >= 15 is 0 Å². The molecule has 3 rings (SSSR count). The average Bonchev–Trinajstić information content (AvgIpc) is 2.85. The minimum atomic E-state index is 0.951. The fraction of sp³-hybridized carbons (Fsp3) is 0.176. The van der Waals surface area contributed by atoms with Crippen molar-refractivity contribution in [2.24, 2.45) is 0 Å². The van der Waals surface area contributed by atoms with Crippen LogP contribution in [0.1, 0.15) is 11.1 Å². The van der Waals surface area contributed by atoms with E-state index in [0.717, 1.165) is 13.0 Å². The lowest BCUT2D eigenvalue weighted by Crippen LogP contribution is -2.05. The average molecular weight is 250 g/mol. The van der Waals surface area contributed by atoms with Crippen molar-refractivity contribution in [3.05, 3.63) is 65.9 Å². The summed E-state index contributed by atoms with van der Waals surface area (Å²) in [5.74, 6) is 0. The molecule has 0 fully saturated rings. The van der Waals surface area contributed by atoms with Crippen LogP contribution in [0, 0.1) is 6.92 Å². The molecule has 0 atom stereocenters. The zero-order chi connectivity index (χ0) is 13.1. The fourth-order valence-electron chi connectivity index (χ4n) is 2.44. The van der Waals surface area contributed by atoms with Crippen LogP contribution in [0.4, 0.5) is 5.69 Å². The predicted octanol–water partition coefficient (Wildman–Crippen LogP) is 4.13. The van der Waals surface area contributed by atoms with Gasteiger partial charge in [0.15, 0.2) is 0 Å². The molecule has 0 unspecified atom stereocenters. The molecule has 2 aromatic carbocycles. The summed E-state index contributed by atoms with van der Waals surface area (Å²) in [5, 5.41) is 4.83. The Balaban J connectivity index is 1.68. The summed E-state index contributed by atoms with van der Waals surface area (Å²) < 4.78 is 0. The molecule has 0 saturated carbocycles. The van der Waals surface area contributed by atoms with Crippen molar-refractivity contribution in [1.82, 2.24) is 4.98 Å². The van der Waals surface area contributed by atoms with E-state index in [-0.39, 0.29) is 0 Å². The normalized spacial score (nSPS) is 10.8. The van der Waals surface area contributed by atoms with Crippen LogP contribution in [-0.4, -0.2) is 11.5 Å². The Bertz CT molecular complexity index is 682. The van der Waals surface area contributed by atoms with Crippen LogP contribution >= 0.6 is 0 Å². The van der Waals surface area contributed by atoms with Gasteiger partial charge in [0.05, 0.1) is 0 Å². The minimum absolute atomic E-state index is 0.951. The standard InChI is InChI=1S/C17H18N2/c1-13-6-2-4-8-16(13)18-11-10-14-12-19-17-9-5-3-7-15(14)17/h2-9,12,18-19H,10-11H2,1H3. The highest BCUT2D eigenvalue weighted by Gasteiger charge is 2.02. The van der Waals surface area contributed by atoms with Crippen molar-refractivity contribution in [2.75, 3.05) is 11.9 Å². The number of hydrogen-bond donors (Lipinski definition) is 2. The van der Waals surface area contributed by atoms with E-state index in [9.17, 15) is 0 Å². The van der Waals surface area contributed by atoms with E-state index in [0.29, 0.717) is 0 Å². The van der Waals surface area contributed by atoms with Crippen molar-refractivity contribution in [1.29, 1.82) is 0 Å². The molecule has 2 nitrogen and oxygen atoms in total. The Labute approximate surface area is 113 Å². The number of hydrogen-bond acceptors (Lipinski definition) is 1. The van der Waals surface area contributed by atoms with Gasteiger partial charge in [-0.25, -0.2) is 0 Å². The van der Waals surface area contributed by atoms with E-state index < -0.39 is 0 Å². The van der Waals surface area contributed by atoms with E-state index in [1.165, 1.54) is 27.7 Å². The topological polar surface area (TPSA) is 27.8 Å². The highest BCUT2D eigenvalue weighted by atomic mass is 14.9. The third kappa shape index (κ3) is 2.48. The van der Waals surface area contributed by atoms with Gasteiger partial charge in [-0.15, -0.1) is 0 Å². The highest BCUT2D eigenvalue weighted by molar-refractivity contribution is 5.83. The number of fused-ring (bicyclic) bond motifs is 1. The molecule has 19 heavy (non-hydrogen) atoms. The van der Waals surface area contributed by atoms with E-state index in [2.05, 4.69) is 72.0 Å². The van der Waals surface area contributed by atoms with Gasteiger partial charge in [-0.1, -0.05) is 36.4 Å². The molecule has 1 heterocycles. The smallest absolute Gasteiger partial charge is 0.0456 e. The molecule has 96 valence electrons. The number of aromatic nitrogens is 1. The summed E-state index contributed by atoms with van der Waals surface area (Å²) in [6.07, 6.45) is 3.14. The molecule has 2 N–H and O–H groups in total. The van der Waals surface area contributed by atoms with Crippen molar-refractivity contribution in [2.45, 2.75) is 13.3 Å². The molecule has 0 radical (unpaired) electrons. The van der Waals surface area contributed by atoms with Crippen LogP contribution in [0.25, 0.3) is 10.9 Å². The Kier molecular flexibility index (Phi) is 3.23. The molecular weight excluding hydrogens is 232 g/mol. The lowest BCUT2D eigenvalue weighted by Gasteiger charge is -2.08. The summed E-state index contributed by atoms with van der Waals surface area (Å²) in [6, 6.07) is 16.9. The molecule has 0 saturated heterocycles.